The topological polar surface area (TPSA) is 148 Å². The Hall–Kier alpha value is -4.50. The summed E-state index contributed by atoms with van der Waals surface area (Å²) in [4.78, 5) is 53.1. The van der Waals surface area contributed by atoms with Gasteiger partial charge in [-0.3, -0.25) is 14.4 Å². The molecule has 0 aliphatic carbocycles. The summed E-state index contributed by atoms with van der Waals surface area (Å²) < 4.78 is 5.50. The molecule has 5 atom stereocenters. The van der Waals surface area contributed by atoms with E-state index in [1.807, 2.05) is 105 Å². The van der Waals surface area contributed by atoms with Gasteiger partial charge in [0.05, 0.1) is 12.1 Å². The molecule has 9 nitrogen and oxygen atoms in total. The van der Waals surface area contributed by atoms with Crippen LogP contribution in [0.15, 0.2) is 91.0 Å². The zero-order chi connectivity index (χ0) is 36.0. The highest BCUT2D eigenvalue weighted by Gasteiger charge is 2.33. The van der Waals surface area contributed by atoms with E-state index in [0.717, 1.165) is 16.7 Å². The van der Waals surface area contributed by atoms with Gasteiger partial charge in [0.2, 0.25) is 11.8 Å². The summed E-state index contributed by atoms with van der Waals surface area (Å²) in [5.41, 5.74) is 7.62. The lowest BCUT2D eigenvalue weighted by atomic mass is 9.82. The number of carbonyl (C=O) groups excluding carboxylic acids is 4. The van der Waals surface area contributed by atoms with Crippen LogP contribution in [-0.2, 0) is 38.4 Å². The first-order chi connectivity index (χ1) is 23.2. The third-order valence-electron chi connectivity index (χ3n) is 8.29. The standard InChI is InChI=1S/C40H53N3O6/c1-27(2)21-32(38(47)42-34(37(41)46)24-30-19-13-8-14-20-30)26-35(44)31(22-28-15-9-6-10-16-28)25-36(45)33(23-29-17-11-7-12-18-29)43-39(48)49-40(3,4)5/h6-20,27,31-34,36,45H,21-26H2,1-5H3,(H2,41,46)(H,42,47)(H,43,48)/t31-,32-,33+,34+,36-/m1/s1. The third kappa shape index (κ3) is 14.3. The maximum absolute atomic E-state index is 14.2. The molecule has 3 rings (SSSR count). The highest BCUT2D eigenvalue weighted by Crippen LogP contribution is 2.25. The van der Waals surface area contributed by atoms with Crippen LogP contribution in [-0.4, -0.2) is 52.6 Å². The van der Waals surface area contributed by atoms with E-state index in [-0.39, 0.29) is 31.0 Å². The van der Waals surface area contributed by atoms with Gasteiger partial charge in [-0.05, 0) is 69.1 Å². The summed E-state index contributed by atoms with van der Waals surface area (Å²) in [6, 6.07) is 26.6. The largest absolute Gasteiger partial charge is 0.444 e. The smallest absolute Gasteiger partial charge is 0.407 e. The molecule has 49 heavy (non-hydrogen) atoms. The summed E-state index contributed by atoms with van der Waals surface area (Å²) in [5.74, 6) is -2.52. The molecule has 3 aromatic rings. The van der Waals surface area contributed by atoms with E-state index >= 15 is 0 Å². The SMILES string of the molecule is CC(C)C[C@H](CC(=O)[C@H](Cc1ccccc1)C[C@@H](O)[C@H](Cc1ccccc1)NC(=O)OC(C)(C)C)C(=O)N[C@@H](Cc1ccccc1)C(N)=O. The lowest BCUT2D eigenvalue weighted by Gasteiger charge is -2.29. The number of aliphatic hydroxyl groups is 1. The van der Waals surface area contributed by atoms with E-state index in [4.69, 9.17) is 10.5 Å². The van der Waals surface area contributed by atoms with Crippen molar-refractivity contribution in [3.63, 3.8) is 0 Å². The summed E-state index contributed by atoms with van der Waals surface area (Å²) in [5, 5.41) is 17.3. The number of hydrogen-bond acceptors (Lipinski definition) is 6. The predicted molar refractivity (Wildman–Crippen MR) is 191 cm³/mol. The van der Waals surface area contributed by atoms with Crippen LogP contribution < -0.4 is 16.4 Å². The second-order valence-corrected chi connectivity index (χ2v) is 14.3. The predicted octanol–water partition coefficient (Wildman–Crippen LogP) is 5.57. The molecule has 3 amide bonds. The molecule has 0 aliphatic rings. The average molecular weight is 672 g/mol. The van der Waals surface area contributed by atoms with Crippen molar-refractivity contribution < 1.29 is 29.0 Å². The van der Waals surface area contributed by atoms with Crippen LogP contribution in [0, 0.1) is 17.8 Å². The number of alkyl carbamates (subject to hydrolysis) is 1. The number of nitrogens with one attached hydrogen (secondary N) is 2. The van der Waals surface area contributed by atoms with E-state index in [1.54, 1.807) is 20.8 Å². The number of Topliss-reactive ketones (excluding diaryl/α,β-unsaturated/α-hetero) is 1. The van der Waals surface area contributed by atoms with Gasteiger partial charge in [-0.25, -0.2) is 4.79 Å². The van der Waals surface area contributed by atoms with Crippen LogP contribution >= 0.6 is 0 Å². The Bertz CT molecular complexity index is 1470. The van der Waals surface area contributed by atoms with Gasteiger partial charge in [0, 0.05) is 24.7 Å². The van der Waals surface area contributed by atoms with Gasteiger partial charge in [-0.2, -0.15) is 0 Å². The number of rotatable bonds is 18. The van der Waals surface area contributed by atoms with Crippen molar-refractivity contribution in [3.05, 3.63) is 108 Å². The van der Waals surface area contributed by atoms with Crippen molar-refractivity contribution >= 4 is 23.7 Å². The lowest BCUT2D eigenvalue weighted by Crippen LogP contribution is -2.49. The first kappa shape index (κ1) is 38.9. The Labute approximate surface area is 291 Å². The van der Waals surface area contributed by atoms with Crippen molar-refractivity contribution in [1.29, 1.82) is 0 Å². The van der Waals surface area contributed by atoms with Crippen LogP contribution in [0.25, 0.3) is 0 Å². The van der Waals surface area contributed by atoms with Crippen LogP contribution in [0.4, 0.5) is 4.79 Å². The molecule has 0 fully saturated rings. The summed E-state index contributed by atoms with van der Waals surface area (Å²) in [6.07, 6.45) is -0.467. The summed E-state index contributed by atoms with van der Waals surface area (Å²) >= 11 is 0. The molecule has 9 heteroatoms. The van der Waals surface area contributed by atoms with Gasteiger partial charge < -0.3 is 26.2 Å². The number of ketones is 1. The number of hydrogen-bond donors (Lipinski definition) is 4. The Morgan fingerprint density at radius 3 is 1.67 bits per heavy atom. The van der Waals surface area contributed by atoms with Gasteiger partial charge in [-0.15, -0.1) is 0 Å². The Morgan fingerprint density at radius 2 is 1.20 bits per heavy atom. The molecular formula is C40H53N3O6. The maximum Gasteiger partial charge on any atom is 0.407 e. The molecule has 3 aromatic carbocycles. The number of nitrogens with two attached hydrogens (primary N) is 1. The minimum atomic E-state index is -1.10. The molecular weight excluding hydrogens is 618 g/mol. The van der Waals surface area contributed by atoms with Crippen LogP contribution in [0.2, 0.25) is 0 Å². The molecule has 0 spiro atoms. The lowest BCUT2D eigenvalue weighted by molar-refractivity contribution is -0.134. The summed E-state index contributed by atoms with van der Waals surface area (Å²) in [6.45, 7) is 9.24. The first-order valence-electron chi connectivity index (χ1n) is 17.1. The molecule has 0 saturated carbocycles. The monoisotopic (exact) mass is 671 g/mol. The molecule has 264 valence electrons. The van der Waals surface area contributed by atoms with E-state index < -0.39 is 53.5 Å². The number of ether oxygens (including phenoxy) is 1. The zero-order valence-corrected chi connectivity index (χ0v) is 29.4. The van der Waals surface area contributed by atoms with Crippen molar-refractivity contribution in [2.45, 2.75) is 96.9 Å². The van der Waals surface area contributed by atoms with Crippen molar-refractivity contribution in [1.82, 2.24) is 10.6 Å². The normalized spacial score (nSPS) is 14.6. The molecule has 0 saturated heterocycles. The third-order valence-corrected chi connectivity index (χ3v) is 8.29. The minimum Gasteiger partial charge on any atom is -0.444 e. The van der Waals surface area contributed by atoms with E-state index in [1.165, 1.54) is 0 Å². The fourth-order valence-corrected chi connectivity index (χ4v) is 5.92. The molecule has 0 unspecified atom stereocenters. The van der Waals surface area contributed by atoms with Crippen LogP contribution in [0.1, 0.15) is 70.6 Å². The molecule has 5 N–H and O–H groups in total. The number of carbonyl (C=O) groups is 4. The molecule has 0 bridgehead atoms. The fraction of sp³-hybridized carbons (Fsp3) is 0.450. The fourth-order valence-electron chi connectivity index (χ4n) is 5.92. The molecule has 0 heterocycles. The Balaban J connectivity index is 1.85. The van der Waals surface area contributed by atoms with Gasteiger partial charge in [0.15, 0.2) is 0 Å². The Kier molecular flexibility index (Phi) is 15.0. The molecule has 0 aliphatic heterocycles. The van der Waals surface area contributed by atoms with Gasteiger partial charge in [0.1, 0.15) is 17.4 Å². The maximum atomic E-state index is 14.2. The van der Waals surface area contributed by atoms with E-state index in [9.17, 15) is 24.3 Å². The van der Waals surface area contributed by atoms with Gasteiger partial charge >= 0.3 is 6.09 Å². The molecule has 0 radical (unpaired) electrons. The van der Waals surface area contributed by atoms with Crippen molar-refractivity contribution in [2.75, 3.05) is 0 Å². The highest BCUT2D eigenvalue weighted by atomic mass is 16.6. The highest BCUT2D eigenvalue weighted by molar-refractivity contribution is 5.91. The molecule has 0 aromatic heterocycles. The number of primary amides is 1. The van der Waals surface area contributed by atoms with Gasteiger partial charge in [-0.1, -0.05) is 105 Å². The summed E-state index contributed by atoms with van der Waals surface area (Å²) in [7, 11) is 0. The van der Waals surface area contributed by atoms with E-state index in [2.05, 4.69) is 10.6 Å². The van der Waals surface area contributed by atoms with Crippen LogP contribution in [0.3, 0.4) is 0 Å². The Morgan fingerprint density at radius 1 is 0.714 bits per heavy atom. The quantitative estimate of drug-likeness (QED) is 0.139. The number of aliphatic hydroxyl groups excluding tert-OH is 1. The average Bonchev–Trinajstić information content (AvgIpc) is 3.03. The van der Waals surface area contributed by atoms with E-state index in [0.29, 0.717) is 19.3 Å². The van der Waals surface area contributed by atoms with Crippen molar-refractivity contribution in [3.8, 4) is 0 Å². The second-order valence-electron chi connectivity index (χ2n) is 14.3. The van der Waals surface area contributed by atoms with Crippen LogP contribution in [0.5, 0.6) is 0 Å². The minimum absolute atomic E-state index is 0.0506. The van der Waals surface area contributed by atoms with Gasteiger partial charge in [0.25, 0.3) is 0 Å². The first-order valence-corrected chi connectivity index (χ1v) is 17.1. The zero-order valence-electron chi connectivity index (χ0n) is 29.4. The number of benzene rings is 3. The van der Waals surface area contributed by atoms with Crippen molar-refractivity contribution in [2.24, 2.45) is 23.5 Å². The number of amides is 3. The second kappa shape index (κ2) is 18.9.